The van der Waals surface area contributed by atoms with E-state index in [0.717, 1.165) is 5.75 Å². The number of ether oxygens (including phenoxy) is 3. The Morgan fingerprint density at radius 1 is 0.793 bits per heavy atom. The minimum atomic E-state index is -0.0876. The van der Waals surface area contributed by atoms with Crippen molar-refractivity contribution in [2.45, 2.75) is 6.92 Å². The Balaban J connectivity index is 1.45. The van der Waals surface area contributed by atoms with E-state index in [-0.39, 0.29) is 18.4 Å². The van der Waals surface area contributed by atoms with Crippen LogP contribution in [0.25, 0.3) is 0 Å². The average molecular weight is 398 g/mol. The topological polar surface area (TPSA) is 68.3 Å². The van der Waals surface area contributed by atoms with Crippen molar-refractivity contribution < 1.29 is 23.8 Å². The van der Waals surface area contributed by atoms with Crippen LogP contribution in [0.15, 0.2) is 48.5 Å². The summed E-state index contributed by atoms with van der Waals surface area (Å²) in [6, 6.07) is 14.2. The van der Waals surface area contributed by atoms with Crippen LogP contribution in [-0.4, -0.2) is 68.1 Å². The van der Waals surface area contributed by atoms with Crippen LogP contribution in [0.4, 0.5) is 0 Å². The highest BCUT2D eigenvalue weighted by Gasteiger charge is 2.25. The van der Waals surface area contributed by atoms with Gasteiger partial charge in [0.1, 0.15) is 17.2 Å². The number of hydrogen-bond acceptors (Lipinski definition) is 5. The number of rotatable bonds is 7. The molecule has 0 atom stereocenters. The van der Waals surface area contributed by atoms with Gasteiger partial charge in [-0.15, -0.1) is 0 Å². The second-order valence-corrected chi connectivity index (χ2v) is 6.59. The third-order valence-corrected chi connectivity index (χ3v) is 4.75. The predicted molar refractivity (Wildman–Crippen MR) is 109 cm³/mol. The number of benzene rings is 2. The van der Waals surface area contributed by atoms with Gasteiger partial charge in [-0.05, 0) is 55.5 Å². The number of methoxy groups -OCH3 is 1. The summed E-state index contributed by atoms with van der Waals surface area (Å²) in [5.74, 6) is 1.98. The van der Waals surface area contributed by atoms with Gasteiger partial charge in [0.05, 0.1) is 13.7 Å². The van der Waals surface area contributed by atoms with Crippen LogP contribution in [0.5, 0.6) is 17.2 Å². The Bertz CT molecular complexity index is 812. The van der Waals surface area contributed by atoms with Crippen LogP contribution in [0.1, 0.15) is 17.3 Å². The SMILES string of the molecule is CCOc1ccc(OCC(=O)N2CCN(C(=O)c3ccc(OC)cc3)CC2)cc1. The Labute approximate surface area is 170 Å². The van der Waals surface area contributed by atoms with Gasteiger partial charge >= 0.3 is 0 Å². The molecule has 3 rings (SSSR count). The molecule has 0 spiro atoms. The van der Waals surface area contributed by atoms with Crippen molar-refractivity contribution in [3.63, 3.8) is 0 Å². The van der Waals surface area contributed by atoms with Crippen LogP contribution in [0, 0.1) is 0 Å². The molecular weight excluding hydrogens is 372 g/mol. The first-order chi connectivity index (χ1) is 14.1. The number of carbonyl (C=O) groups excluding carboxylic acids is 2. The molecule has 2 aromatic rings. The number of amides is 2. The number of hydrogen-bond donors (Lipinski definition) is 0. The van der Waals surface area contributed by atoms with E-state index in [4.69, 9.17) is 14.2 Å². The molecule has 2 amide bonds. The van der Waals surface area contributed by atoms with Gasteiger partial charge < -0.3 is 24.0 Å². The van der Waals surface area contributed by atoms with Crippen LogP contribution < -0.4 is 14.2 Å². The second kappa shape index (κ2) is 9.82. The lowest BCUT2D eigenvalue weighted by Crippen LogP contribution is -2.51. The van der Waals surface area contributed by atoms with Crippen molar-refractivity contribution in [1.82, 2.24) is 9.80 Å². The summed E-state index contributed by atoms with van der Waals surface area (Å²) in [6.07, 6.45) is 0. The maximum atomic E-state index is 12.6. The van der Waals surface area contributed by atoms with Crippen molar-refractivity contribution in [2.75, 3.05) is 46.5 Å². The third-order valence-electron chi connectivity index (χ3n) is 4.75. The Morgan fingerprint density at radius 2 is 1.31 bits per heavy atom. The molecule has 2 aromatic carbocycles. The maximum absolute atomic E-state index is 12.6. The predicted octanol–water partition coefficient (Wildman–Crippen LogP) is 2.46. The summed E-state index contributed by atoms with van der Waals surface area (Å²) < 4.78 is 16.1. The molecule has 0 N–H and O–H groups in total. The van der Waals surface area contributed by atoms with E-state index in [1.54, 1.807) is 53.3 Å². The molecule has 0 saturated carbocycles. The Hall–Kier alpha value is -3.22. The van der Waals surface area contributed by atoms with Crippen molar-refractivity contribution in [1.29, 1.82) is 0 Å². The molecule has 1 aliphatic heterocycles. The van der Waals surface area contributed by atoms with Gasteiger partial charge in [-0.1, -0.05) is 0 Å². The van der Waals surface area contributed by atoms with Gasteiger partial charge in [-0.3, -0.25) is 9.59 Å². The monoisotopic (exact) mass is 398 g/mol. The molecule has 1 aliphatic rings. The van der Waals surface area contributed by atoms with Crippen LogP contribution in [0.3, 0.4) is 0 Å². The quantitative estimate of drug-likeness (QED) is 0.717. The lowest BCUT2D eigenvalue weighted by Gasteiger charge is -2.34. The fraction of sp³-hybridized carbons (Fsp3) is 0.364. The highest BCUT2D eigenvalue weighted by atomic mass is 16.5. The molecule has 1 saturated heterocycles. The van der Waals surface area contributed by atoms with E-state index in [2.05, 4.69) is 0 Å². The normalized spacial score (nSPS) is 13.7. The summed E-state index contributed by atoms with van der Waals surface area (Å²) in [5.41, 5.74) is 0.615. The van der Waals surface area contributed by atoms with E-state index in [9.17, 15) is 9.59 Å². The third kappa shape index (κ3) is 5.40. The zero-order chi connectivity index (χ0) is 20.6. The standard InChI is InChI=1S/C22H26N2O5/c1-3-28-19-8-10-20(11-9-19)29-16-21(25)23-12-14-24(15-13-23)22(26)17-4-6-18(27-2)7-5-17/h4-11H,3,12-16H2,1-2H3. The lowest BCUT2D eigenvalue weighted by molar-refractivity contribution is -0.134. The molecule has 1 fully saturated rings. The van der Waals surface area contributed by atoms with Gasteiger partial charge in [0.25, 0.3) is 11.8 Å². The van der Waals surface area contributed by atoms with Gasteiger partial charge in [0.15, 0.2) is 6.61 Å². The van der Waals surface area contributed by atoms with Crippen LogP contribution in [0.2, 0.25) is 0 Å². The Morgan fingerprint density at radius 3 is 1.86 bits per heavy atom. The summed E-state index contributed by atoms with van der Waals surface area (Å²) in [4.78, 5) is 28.5. The fourth-order valence-electron chi connectivity index (χ4n) is 3.11. The van der Waals surface area contributed by atoms with Gasteiger partial charge in [-0.25, -0.2) is 0 Å². The number of piperazine rings is 1. The van der Waals surface area contributed by atoms with E-state index in [1.807, 2.05) is 19.1 Å². The van der Waals surface area contributed by atoms with Crippen molar-refractivity contribution in [2.24, 2.45) is 0 Å². The van der Waals surface area contributed by atoms with Crippen molar-refractivity contribution in [3.05, 3.63) is 54.1 Å². The Kier molecular flexibility index (Phi) is 6.94. The van der Waals surface area contributed by atoms with Gasteiger partial charge in [-0.2, -0.15) is 0 Å². The molecule has 29 heavy (non-hydrogen) atoms. The summed E-state index contributed by atoms with van der Waals surface area (Å²) in [5, 5.41) is 0. The first kappa shape index (κ1) is 20.5. The number of carbonyl (C=O) groups is 2. The minimum absolute atomic E-state index is 0.0274. The molecule has 154 valence electrons. The molecular formula is C22H26N2O5. The summed E-state index contributed by atoms with van der Waals surface area (Å²) in [7, 11) is 1.59. The second-order valence-electron chi connectivity index (χ2n) is 6.59. The molecule has 7 heteroatoms. The first-order valence-corrected chi connectivity index (χ1v) is 9.67. The van der Waals surface area contributed by atoms with Crippen molar-refractivity contribution in [3.8, 4) is 17.2 Å². The highest BCUT2D eigenvalue weighted by Crippen LogP contribution is 2.18. The average Bonchev–Trinajstić information content (AvgIpc) is 2.78. The minimum Gasteiger partial charge on any atom is -0.497 e. The van der Waals surface area contributed by atoms with Gasteiger partial charge in [0, 0.05) is 31.7 Å². The van der Waals surface area contributed by atoms with Crippen LogP contribution in [-0.2, 0) is 4.79 Å². The fourth-order valence-corrected chi connectivity index (χ4v) is 3.11. The maximum Gasteiger partial charge on any atom is 0.260 e. The largest absolute Gasteiger partial charge is 0.497 e. The van der Waals surface area contributed by atoms with E-state index >= 15 is 0 Å². The van der Waals surface area contributed by atoms with Gasteiger partial charge in [0.2, 0.25) is 0 Å². The zero-order valence-electron chi connectivity index (χ0n) is 16.8. The number of nitrogens with zero attached hydrogens (tertiary/aromatic N) is 2. The van der Waals surface area contributed by atoms with Crippen LogP contribution >= 0.6 is 0 Å². The van der Waals surface area contributed by atoms with E-state index < -0.39 is 0 Å². The van der Waals surface area contributed by atoms with Crippen molar-refractivity contribution >= 4 is 11.8 Å². The first-order valence-electron chi connectivity index (χ1n) is 9.67. The molecule has 0 unspecified atom stereocenters. The van der Waals surface area contributed by atoms with E-state index in [1.165, 1.54) is 0 Å². The molecule has 0 aliphatic carbocycles. The molecule has 1 heterocycles. The highest BCUT2D eigenvalue weighted by molar-refractivity contribution is 5.94. The van der Waals surface area contributed by atoms with E-state index in [0.29, 0.717) is 49.8 Å². The molecule has 0 bridgehead atoms. The molecule has 0 radical (unpaired) electrons. The lowest BCUT2D eigenvalue weighted by atomic mass is 10.1. The smallest absolute Gasteiger partial charge is 0.260 e. The molecule has 7 nitrogen and oxygen atoms in total. The molecule has 0 aromatic heterocycles. The summed E-state index contributed by atoms with van der Waals surface area (Å²) in [6.45, 7) is 4.49. The summed E-state index contributed by atoms with van der Waals surface area (Å²) >= 11 is 0. The zero-order valence-corrected chi connectivity index (χ0v) is 16.8.